The SMILES string of the molecule is CN(C)CCn1nc([C@H]2CCN(C(=O)c3ccccn3)C2)c2cccnc21. The maximum atomic E-state index is 12.7. The highest BCUT2D eigenvalue weighted by Gasteiger charge is 2.31. The largest absolute Gasteiger partial charge is 0.337 e. The Bertz CT molecular complexity index is 936. The summed E-state index contributed by atoms with van der Waals surface area (Å²) in [5, 5.41) is 5.97. The third-order valence-corrected chi connectivity index (χ3v) is 5.04. The van der Waals surface area contributed by atoms with Gasteiger partial charge in [0.25, 0.3) is 5.91 Å². The van der Waals surface area contributed by atoms with Gasteiger partial charge >= 0.3 is 0 Å². The number of rotatable bonds is 5. The average molecular weight is 364 g/mol. The molecule has 0 saturated carbocycles. The first-order valence-electron chi connectivity index (χ1n) is 9.30. The van der Waals surface area contributed by atoms with Gasteiger partial charge in [0.05, 0.1) is 12.2 Å². The molecule has 27 heavy (non-hydrogen) atoms. The zero-order valence-electron chi connectivity index (χ0n) is 15.7. The van der Waals surface area contributed by atoms with E-state index in [1.807, 2.05) is 34.0 Å². The number of carbonyl (C=O) groups is 1. The molecular weight excluding hydrogens is 340 g/mol. The smallest absolute Gasteiger partial charge is 0.272 e. The van der Waals surface area contributed by atoms with Crippen LogP contribution in [0.5, 0.6) is 0 Å². The number of pyridine rings is 2. The summed E-state index contributed by atoms with van der Waals surface area (Å²) in [6, 6.07) is 9.48. The Balaban J connectivity index is 1.57. The predicted octanol–water partition coefficient (Wildman–Crippen LogP) is 2.02. The number of fused-ring (bicyclic) bond motifs is 1. The molecule has 0 aliphatic carbocycles. The maximum Gasteiger partial charge on any atom is 0.272 e. The molecule has 0 aromatic carbocycles. The average Bonchev–Trinajstić information content (AvgIpc) is 3.31. The van der Waals surface area contributed by atoms with E-state index < -0.39 is 0 Å². The van der Waals surface area contributed by atoms with E-state index in [9.17, 15) is 4.79 Å². The zero-order chi connectivity index (χ0) is 18.8. The summed E-state index contributed by atoms with van der Waals surface area (Å²) >= 11 is 0. The first-order valence-corrected chi connectivity index (χ1v) is 9.30. The minimum atomic E-state index is -0.00688. The molecule has 4 heterocycles. The number of likely N-dealkylation sites (N-methyl/N-ethyl adjacent to an activating group) is 1. The lowest BCUT2D eigenvalue weighted by atomic mass is 10.0. The van der Waals surface area contributed by atoms with Crippen molar-refractivity contribution in [3.05, 3.63) is 54.1 Å². The van der Waals surface area contributed by atoms with Gasteiger partial charge in [-0.2, -0.15) is 5.10 Å². The van der Waals surface area contributed by atoms with Crippen molar-refractivity contribution >= 4 is 16.9 Å². The Morgan fingerprint density at radius 3 is 2.81 bits per heavy atom. The lowest BCUT2D eigenvalue weighted by molar-refractivity contribution is 0.0785. The second-order valence-corrected chi connectivity index (χ2v) is 7.24. The second kappa shape index (κ2) is 7.44. The monoisotopic (exact) mass is 364 g/mol. The van der Waals surface area contributed by atoms with Crippen LogP contribution >= 0.6 is 0 Å². The lowest BCUT2D eigenvalue weighted by Crippen LogP contribution is -2.29. The molecule has 0 N–H and O–H groups in total. The number of aromatic nitrogens is 4. The van der Waals surface area contributed by atoms with E-state index in [0.29, 0.717) is 12.2 Å². The molecule has 1 saturated heterocycles. The quantitative estimate of drug-likeness (QED) is 0.693. The Morgan fingerprint density at radius 2 is 2.04 bits per heavy atom. The zero-order valence-corrected chi connectivity index (χ0v) is 15.7. The molecule has 0 unspecified atom stereocenters. The van der Waals surface area contributed by atoms with E-state index in [4.69, 9.17) is 5.10 Å². The topological polar surface area (TPSA) is 67.2 Å². The van der Waals surface area contributed by atoms with Gasteiger partial charge in [0.2, 0.25) is 0 Å². The summed E-state index contributed by atoms with van der Waals surface area (Å²) in [6.07, 6.45) is 4.38. The maximum absolute atomic E-state index is 12.7. The van der Waals surface area contributed by atoms with Crippen molar-refractivity contribution in [3.8, 4) is 0 Å². The highest BCUT2D eigenvalue weighted by atomic mass is 16.2. The standard InChI is InChI=1S/C20H24N6O/c1-24(2)12-13-26-19-16(6-5-10-22-19)18(23-26)15-8-11-25(14-15)20(27)17-7-3-4-9-21-17/h3-7,9-10,15H,8,11-14H2,1-2H3/t15-/m0/s1. The van der Waals surface area contributed by atoms with Crippen LogP contribution in [0.2, 0.25) is 0 Å². The normalized spacial score (nSPS) is 17.1. The van der Waals surface area contributed by atoms with Gasteiger partial charge in [-0.3, -0.25) is 9.78 Å². The molecule has 1 atom stereocenters. The van der Waals surface area contributed by atoms with Crippen LogP contribution < -0.4 is 0 Å². The highest BCUT2D eigenvalue weighted by Crippen LogP contribution is 2.31. The molecule has 1 aliphatic rings. The Labute approximate surface area is 158 Å². The van der Waals surface area contributed by atoms with E-state index in [-0.39, 0.29) is 11.8 Å². The van der Waals surface area contributed by atoms with Crippen molar-refractivity contribution < 1.29 is 4.79 Å². The lowest BCUT2D eigenvalue weighted by Gasteiger charge is -2.15. The van der Waals surface area contributed by atoms with Crippen molar-refractivity contribution in [1.82, 2.24) is 29.5 Å². The van der Waals surface area contributed by atoms with Gasteiger partial charge in [-0.15, -0.1) is 0 Å². The van der Waals surface area contributed by atoms with E-state index in [1.165, 1.54) is 0 Å². The van der Waals surface area contributed by atoms with Crippen LogP contribution in [-0.2, 0) is 6.54 Å². The van der Waals surface area contributed by atoms with Gasteiger partial charge in [-0.05, 0) is 44.8 Å². The van der Waals surface area contributed by atoms with E-state index in [2.05, 4.69) is 35.0 Å². The van der Waals surface area contributed by atoms with Crippen LogP contribution in [-0.4, -0.2) is 69.2 Å². The van der Waals surface area contributed by atoms with Gasteiger partial charge in [0.1, 0.15) is 5.69 Å². The number of amides is 1. The Kier molecular flexibility index (Phi) is 4.85. The summed E-state index contributed by atoms with van der Waals surface area (Å²) in [4.78, 5) is 25.4. The van der Waals surface area contributed by atoms with Crippen LogP contribution in [0.25, 0.3) is 11.0 Å². The van der Waals surface area contributed by atoms with Crippen LogP contribution in [0.15, 0.2) is 42.7 Å². The second-order valence-electron chi connectivity index (χ2n) is 7.24. The van der Waals surface area contributed by atoms with Crippen LogP contribution in [0, 0.1) is 0 Å². The molecule has 0 spiro atoms. The van der Waals surface area contributed by atoms with Crippen molar-refractivity contribution in [2.45, 2.75) is 18.9 Å². The fourth-order valence-electron chi connectivity index (χ4n) is 3.61. The molecule has 1 amide bonds. The number of hydrogen-bond donors (Lipinski definition) is 0. The fraction of sp³-hybridized carbons (Fsp3) is 0.400. The molecule has 1 fully saturated rings. The third-order valence-electron chi connectivity index (χ3n) is 5.04. The third kappa shape index (κ3) is 3.55. The summed E-state index contributed by atoms with van der Waals surface area (Å²) in [7, 11) is 4.11. The molecule has 0 bridgehead atoms. The van der Waals surface area contributed by atoms with Crippen molar-refractivity contribution in [2.75, 3.05) is 33.7 Å². The van der Waals surface area contributed by atoms with Crippen LogP contribution in [0.4, 0.5) is 0 Å². The summed E-state index contributed by atoms with van der Waals surface area (Å²) < 4.78 is 1.99. The predicted molar refractivity (Wildman–Crippen MR) is 104 cm³/mol. The minimum Gasteiger partial charge on any atom is -0.337 e. The Morgan fingerprint density at radius 1 is 1.19 bits per heavy atom. The molecule has 140 valence electrons. The molecule has 3 aromatic rings. The van der Waals surface area contributed by atoms with Gasteiger partial charge in [0, 0.05) is 43.3 Å². The first kappa shape index (κ1) is 17.6. The molecule has 7 nitrogen and oxygen atoms in total. The highest BCUT2D eigenvalue weighted by molar-refractivity contribution is 5.92. The van der Waals surface area contributed by atoms with Gasteiger partial charge < -0.3 is 9.80 Å². The van der Waals surface area contributed by atoms with Crippen LogP contribution in [0.1, 0.15) is 28.5 Å². The van der Waals surface area contributed by atoms with Crippen molar-refractivity contribution in [1.29, 1.82) is 0 Å². The molecule has 1 aliphatic heterocycles. The number of nitrogens with zero attached hydrogens (tertiary/aromatic N) is 6. The number of carbonyl (C=O) groups excluding carboxylic acids is 1. The van der Waals surface area contributed by atoms with Gasteiger partial charge in [-0.1, -0.05) is 6.07 Å². The molecule has 0 radical (unpaired) electrons. The number of hydrogen-bond acceptors (Lipinski definition) is 5. The summed E-state index contributed by atoms with van der Waals surface area (Å²) in [5.41, 5.74) is 2.47. The van der Waals surface area contributed by atoms with Crippen LogP contribution in [0.3, 0.4) is 0 Å². The minimum absolute atomic E-state index is 0.00688. The van der Waals surface area contributed by atoms with Crippen molar-refractivity contribution in [3.63, 3.8) is 0 Å². The van der Waals surface area contributed by atoms with E-state index in [1.54, 1.807) is 12.3 Å². The molecule has 7 heteroatoms. The first-order chi connectivity index (χ1) is 13.1. The van der Waals surface area contributed by atoms with E-state index in [0.717, 1.165) is 42.8 Å². The molecule has 4 rings (SSSR count). The van der Waals surface area contributed by atoms with Gasteiger partial charge in [0.15, 0.2) is 5.65 Å². The summed E-state index contributed by atoms with van der Waals surface area (Å²) in [5.74, 6) is 0.220. The number of likely N-dealkylation sites (tertiary alicyclic amines) is 1. The Hall–Kier alpha value is -2.80. The summed E-state index contributed by atoms with van der Waals surface area (Å²) in [6.45, 7) is 3.10. The fourth-order valence-corrected chi connectivity index (χ4v) is 3.61. The van der Waals surface area contributed by atoms with Crippen molar-refractivity contribution in [2.24, 2.45) is 0 Å². The van der Waals surface area contributed by atoms with Gasteiger partial charge in [-0.25, -0.2) is 9.67 Å². The van der Waals surface area contributed by atoms with E-state index >= 15 is 0 Å². The molecular formula is C20H24N6O. The molecule has 3 aromatic heterocycles.